The summed E-state index contributed by atoms with van der Waals surface area (Å²) in [5, 5.41) is 0. The molecular weight excluding hydrogens is 543 g/mol. The number of allylic oxidation sites excluding steroid dienone is 8. The third kappa shape index (κ3) is 10.8. The molecule has 0 aromatic rings. The van der Waals surface area contributed by atoms with E-state index in [4.69, 9.17) is 9.47 Å². The predicted molar refractivity (Wildman–Crippen MR) is 139 cm³/mol. The van der Waals surface area contributed by atoms with E-state index in [1.807, 2.05) is 0 Å². The summed E-state index contributed by atoms with van der Waals surface area (Å²) in [6.45, 7) is 26.1. The van der Waals surface area contributed by atoms with Crippen molar-refractivity contribution >= 4 is 0 Å². The summed E-state index contributed by atoms with van der Waals surface area (Å²) in [6.07, 6.45) is 14.4. The Bertz CT molecular complexity index is 634. The van der Waals surface area contributed by atoms with E-state index in [0.717, 1.165) is 39.3 Å². The normalized spacial score (nSPS) is 22.2. The van der Waals surface area contributed by atoms with Crippen LogP contribution in [0, 0.1) is 63.4 Å². The molecule has 2 aliphatic heterocycles. The maximum Gasteiger partial charge on any atom is 0.0466 e. The first kappa shape index (κ1) is 33.2. The molecule has 0 aromatic heterocycles. The summed E-state index contributed by atoms with van der Waals surface area (Å²) in [5.74, 6) is 0. The Labute approximate surface area is 238 Å². The zero-order valence-electron chi connectivity index (χ0n) is 23.3. The minimum Gasteiger partial charge on any atom is -0.381 e. The van der Waals surface area contributed by atoms with Gasteiger partial charge in [0.05, 0.1) is 0 Å². The summed E-state index contributed by atoms with van der Waals surface area (Å²) in [5.41, 5.74) is 9.07. The fraction of sp³-hybridized carbons (Fsp3) is 0.733. The van der Waals surface area contributed by atoms with Gasteiger partial charge in [0.2, 0.25) is 0 Å². The molecule has 2 saturated heterocycles. The van der Waals surface area contributed by atoms with Crippen molar-refractivity contribution in [3.63, 3.8) is 0 Å². The van der Waals surface area contributed by atoms with E-state index in [2.05, 4.69) is 81.4 Å². The van der Waals surface area contributed by atoms with Gasteiger partial charge >= 0.3 is 0 Å². The molecule has 0 amide bonds. The van der Waals surface area contributed by atoms with E-state index in [1.165, 1.54) is 59.1 Å². The second-order valence-corrected chi connectivity index (χ2v) is 10.3. The number of hydrogen-bond acceptors (Lipinski definition) is 2. The average molecular weight is 593 g/mol. The first-order valence-electron chi connectivity index (χ1n) is 12.8. The summed E-state index contributed by atoms with van der Waals surface area (Å²) in [4.78, 5) is 0. The van der Waals surface area contributed by atoms with Crippen LogP contribution in [0.2, 0.25) is 0 Å². The second-order valence-electron chi connectivity index (χ2n) is 10.3. The van der Waals surface area contributed by atoms with Crippen molar-refractivity contribution in [3.8, 4) is 0 Å². The molecule has 0 atom stereocenters. The maximum atomic E-state index is 4.94. The third-order valence-corrected chi connectivity index (χ3v) is 7.19. The van der Waals surface area contributed by atoms with Crippen molar-refractivity contribution in [1.29, 1.82) is 0 Å². The van der Waals surface area contributed by atoms with Gasteiger partial charge in [-0.2, -0.15) is 22.3 Å². The monoisotopic (exact) mass is 594 g/mol. The Hall–Kier alpha value is 0.218. The molecule has 2 fully saturated rings. The second kappa shape index (κ2) is 16.1. The van der Waals surface area contributed by atoms with Crippen LogP contribution in [-0.2, 0) is 9.47 Å². The maximum absolute atomic E-state index is 4.94. The molecule has 0 N–H and O–H groups in total. The van der Waals surface area contributed by atoms with Crippen LogP contribution in [-0.4, -0.2) is 26.4 Å². The molecule has 0 spiro atoms. The number of hydrogen-bond donors (Lipinski definition) is 0. The van der Waals surface area contributed by atoms with Crippen LogP contribution in [0.4, 0.5) is 0 Å². The van der Waals surface area contributed by atoms with Crippen molar-refractivity contribution in [2.45, 2.75) is 108 Å². The van der Waals surface area contributed by atoms with E-state index < -0.39 is 0 Å². The molecule has 4 rings (SSSR count). The van der Waals surface area contributed by atoms with Gasteiger partial charge in [-0.3, -0.25) is 12.2 Å². The Morgan fingerprint density at radius 2 is 0.879 bits per heavy atom. The van der Waals surface area contributed by atoms with Gasteiger partial charge in [0.15, 0.2) is 0 Å². The van der Waals surface area contributed by atoms with Crippen LogP contribution in [0.1, 0.15) is 108 Å². The molecule has 4 aliphatic rings. The van der Waals surface area contributed by atoms with E-state index in [9.17, 15) is 0 Å². The van der Waals surface area contributed by atoms with Crippen LogP contribution in [0.3, 0.4) is 0 Å². The molecule has 2 aliphatic carbocycles. The van der Waals surface area contributed by atoms with E-state index in [1.54, 1.807) is 0 Å². The van der Waals surface area contributed by atoms with Crippen molar-refractivity contribution in [2.24, 2.45) is 10.8 Å². The molecule has 2 nitrogen and oxygen atoms in total. The summed E-state index contributed by atoms with van der Waals surface area (Å²) in [6, 6.07) is 0. The molecule has 0 bridgehead atoms. The van der Waals surface area contributed by atoms with E-state index in [0.29, 0.717) is 0 Å². The average Bonchev–Trinajstić information content (AvgIpc) is 3.56. The Kier molecular flexibility index (Phi) is 16.2. The minimum absolute atomic E-state index is 0. The van der Waals surface area contributed by atoms with Crippen molar-refractivity contribution in [1.82, 2.24) is 0 Å². The van der Waals surface area contributed by atoms with Gasteiger partial charge in [-0.15, -0.1) is 13.8 Å². The van der Waals surface area contributed by atoms with Crippen LogP contribution >= 0.6 is 0 Å². The van der Waals surface area contributed by atoms with Crippen LogP contribution in [0.5, 0.6) is 0 Å². The smallest absolute Gasteiger partial charge is 0.0466 e. The zero-order valence-corrected chi connectivity index (χ0v) is 25.9. The van der Waals surface area contributed by atoms with E-state index in [-0.39, 0.29) is 51.2 Å². The quantitative estimate of drug-likeness (QED) is 0.299. The third-order valence-electron chi connectivity index (χ3n) is 7.19. The standard InChI is InChI=1S/2C11H17.2C4H8O.Sm/c2*1-6-10-7-11(4,5)9(3)8(10)2;2*1-2-4-5-3-1;/h2*6H2,1-5H3;2*1-4H2;/q2*-1;;;. The molecule has 0 saturated carbocycles. The fourth-order valence-electron chi connectivity index (χ4n) is 4.25. The Morgan fingerprint density at radius 3 is 0.970 bits per heavy atom. The molecule has 3 heteroatoms. The SMILES string of the molecule is C1CCOC1.C1CCOC1.CCC1=[C-]C(C)(C)C(C)=C1C.CCC1=[C-]C(C)(C)C(C)=C1C.[Sm]. The van der Waals surface area contributed by atoms with Crippen LogP contribution in [0.25, 0.3) is 0 Å². The van der Waals surface area contributed by atoms with Gasteiger partial charge in [-0.05, 0) is 25.7 Å². The molecule has 2 heterocycles. The summed E-state index contributed by atoms with van der Waals surface area (Å²) < 4.78 is 9.89. The summed E-state index contributed by atoms with van der Waals surface area (Å²) in [7, 11) is 0. The molecular formula is C30H50O2Sm-2. The number of ether oxygens (including phenoxy) is 2. The van der Waals surface area contributed by atoms with Gasteiger partial charge < -0.3 is 9.47 Å². The van der Waals surface area contributed by atoms with Crippen molar-refractivity contribution in [2.75, 3.05) is 26.4 Å². The Morgan fingerprint density at radius 1 is 0.606 bits per heavy atom. The van der Waals surface area contributed by atoms with Crippen LogP contribution < -0.4 is 0 Å². The minimum atomic E-state index is 0. The van der Waals surface area contributed by atoms with Gasteiger partial charge in [0.1, 0.15) is 0 Å². The van der Waals surface area contributed by atoms with Gasteiger partial charge in [-0.1, -0.05) is 79.1 Å². The molecule has 0 radical (unpaired) electrons. The first-order valence-corrected chi connectivity index (χ1v) is 12.8. The van der Waals surface area contributed by atoms with Crippen LogP contribution in [0.15, 0.2) is 33.4 Å². The van der Waals surface area contributed by atoms with Gasteiger partial charge in [0.25, 0.3) is 0 Å². The predicted octanol–water partition coefficient (Wildman–Crippen LogP) is 8.60. The first-order chi connectivity index (χ1) is 15.0. The largest absolute Gasteiger partial charge is 0.381 e. The van der Waals surface area contributed by atoms with Gasteiger partial charge in [0, 0.05) is 66.8 Å². The van der Waals surface area contributed by atoms with Gasteiger partial charge in [-0.25, -0.2) is 11.1 Å². The fourth-order valence-corrected chi connectivity index (χ4v) is 4.25. The molecule has 0 aromatic carbocycles. The molecule has 0 unspecified atom stereocenters. The topological polar surface area (TPSA) is 18.5 Å². The van der Waals surface area contributed by atoms with Crippen molar-refractivity contribution < 1.29 is 49.9 Å². The summed E-state index contributed by atoms with van der Waals surface area (Å²) >= 11 is 0. The zero-order chi connectivity index (χ0) is 24.4. The molecule has 33 heavy (non-hydrogen) atoms. The number of rotatable bonds is 2. The molecule has 190 valence electrons. The van der Waals surface area contributed by atoms with Crippen molar-refractivity contribution in [3.05, 3.63) is 45.6 Å². The van der Waals surface area contributed by atoms with E-state index >= 15 is 0 Å². The Balaban J connectivity index is 0.000000434.